The Morgan fingerprint density at radius 3 is 2.67 bits per heavy atom. The highest BCUT2D eigenvalue weighted by molar-refractivity contribution is 7.03. The van der Waals surface area contributed by atoms with Crippen molar-refractivity contribution in [1.82, 2.24) is 9.59 Å². The molecule has 1 atom stereocenters. The number of benzene rings is 1. The molecule has 0 radical (unpaired) electrons. The van der Waals surface area contributed by atoms with Gasteiger partial charge in [0, 0.05) is 5.38 Å². The second-order valence-corrected chi connectivity index (χ2v) is 3.59. The minimum Gasteiger partial charge on any atom is -0.319 e. The van der Waals surface area contributed by atoms with Crippen molar-refractivity contribution < 1.29 is 8.78 Å². The first-order valence-electron chi connectivity index (χ1n) is 4.16. The molecule has 6 heteroatoms. The van der Waals surface area contributed by atoms with E-state index in [-0.39, 0.29) is 0 Å². The maximum Gasteiger partial charge on any atom is 0.159 e. The average molecular weight is 227 g/mol. The van der Waals surface area contributed by atoms with Gasteiger partial charge < -0.3 is 5.73 Å². The van der Waals surface area contributed by atoms with Gasteiger partial charge in [0.1, 0.15) is 0 Å². The molecule has 0 bridgehead atoms. The minimum absolute atomic E-state index is 0.474. The highest BCUT2D eigenvalue weighted by Gasteiger charge is 2.13. The first kappa shape index (κ1) is 10.1. The van der Waals surface area contributed by atoms with Gasteiger partial charge in [-0.25, -0.2) is 8.78 Å². The van der Waals surface area contributed by atoms with Crippen LogP contribution in [0.15, 0.2) is 23.6 Å². The summed E-state index contributed by atoms with van der Waals surface area (Å²) in [4.78, 5) is 0. The van der Waals surface area contributed by atoms with Crippen LogP contribution < -0.4 is 5.73 Å². The Morgan fingerprint density at radius 1 is 1.27 bits per heavy atom. The number of aromatic nitrogens is 2. The van der Waals surface area contributed by atoms with Gasteiger partial charge in [-0.2, -0.15) is 0 Å². The van der Waals surface area contributed by atoms with E-state index in [1.165, 1.54) is 6.07 Å². The van der Waals surface area contributed by atoms with Gasteiger partial charge >= 0.3 is 0 Å². The number of hydrogen-bond acceptors (Lipinski definition) is 4. The van der Waals surface area contributed by atoms with Gasteiger partial charge in [0.15, 0.2) is 11.6 Å². The fourth-order valence-electron chi connectivity index (χ4n) is 1.18. The predicted molar refractivity (Wildman–Crippen MR) is 52.3 cm³/mol. The molecule has 78 valence electrons. The summed E-state index contributed by atoms with van der Waals surface area (Å²) in [6.45, 7) is 0. The average Bonchev–Trinajstić information content (AvgIpc) is 2.74. The van der Waals surface area contributed by atoms with Crippen LogP contribution in [-0.4, -0.2) is 9.59 Å². The Labute approximate surface area is 88.7 Å². The van der Waals surface area contributed by atoms with Crippen LogP contribution in [-0.2, 0) is 0 Å². The van der Waals surface area contributed by atoms with Crippen LogP contribution in [0.5, 0.6) is 0 Å². The molecule has 1 heterocycles. The lowest BCUT2D eigenvalue weighted by molar-refractivity contribution is 0.506. The highest BCUT2D eigenvalue weighted by Crippen LogP contribution is 2.20. The van der Waals surface area contributed by atoms with Crippen molar-refractivity contribution in [2.45, 2.75) is 6.04 Å². The van der Waals surface area contributed by atoms with Crippen molar-refractivity contribution in [3.63, 3.8) is 0 Å². The van der Waals surface area contributed by atoms with E-state index < -0.39 is 17.7 Å². The third-order valence-electron chi connectivity index (χ3n) is 2.00. The Balaban J connectivity index is 2.34. The molecular weight excluding hydrogens is 220 g/mol. The van der Waals surface area contributed by atoms with Crippen LogP contribution in [0.25, 0.3) is 0 Å². The second-order valence-electron chi connectivity index (χ2n) is 2.98. The molecule has 0 spiro atoms. The molecule has 0 saturated carbocycles. The molecule has 15 heavy (non-hydrogen) atoms. The molecular formula is C9H7F2N3S. The summed E-state index contributed by atoms with van der Waals surface area (Å²) in [5.41, 5.74) is 6.82. The molecule has 0 aliphatic heterocycles. The van der Waals surface area contributed by atoms with E-state index in [4.69, 9.17) is 5.73 Å². The van der Waals surface area contributed by atoms with E-state index in [2.05, 4.69) is 9.59 Å². The lowest BCUT2D eigenvalue weighted by atomic mass is 10.1. The topological polar surface area (TPSA) is 51.8 Å². The molecule has 2 aromatic rings. The Morgan fingerprint density at radius 2 is 2.07 bits per heavy atom. The van der Waals surface area contributed by atoms with Crippen molar-refractivity contribution in [2.24, 2.45) is 5.73 Å². The standard InChI is InChI=1S/C9H7F2N3S/c10-6-2-1-5(3-7(6)11)9(12)8-4-15-14-13-8/h1-4,9H,12H2. The molecule has 0 aliphatic carbocycles. The maximum atomic E-state index is 12.9. The van der Waals surface area contributed by atoms with Crippen LogP contribution in [0, 0.1) is 11.6 Å². The van der Waals surface area contributed by atoms with E-state index in [1.807, 2.05) is 0 Å². The van der Waals surface area contributed by atoms with Gasteiger partial charge in [0.25, 0.3) is 0 Å². The zero-order valence-corrected chi connectivity index (χ0v) is 8.34. The zero-order chi connectivity index (χ0) is 10.8. The summed E-state index contributed by atoms with van der Waals surface area (Å²) < 4.78 is 29.2. The van der Waals surface area contributed by atoms with Crippen molar-refractivity contribution in [3.8, 4) is 0 Å². The SMILES string of the molecule is NC(c1ccc(F)c(F)c1)c1csnn1. The van der Waals surface area contributed by atoms with Crippen molar-refractivity contribution in [1.29, 1.82) is 0 Å². The Kier molecular flexibility index (Phi) is 2.70. The Bertz CT molecular complexity index is 458. The lowest BCUT2D eigenvalue weighted by Gasteiger charge is -2.08. The van der Waals surface area contributed by atoms with Crippen molar-refractivity contribution in [3.05, 3.63) is 46.5 Å². The van der Waals surface area contributed by atoms with Gasteiger partial charge in [0.05, 0.1) is 11.7 Å². The largest absolute Gasteiger partial charge is 0.319 e. The molecule has 0 aliphatic rings. The molecule has 2 N–H and O–H groups in total. The fraction of sp³-hybridized carbons (Fsp3) is 0.111. The van der Waals surface area contributed by atoms with E-state index in [9.17, 15) is 8.78 Å². The smallest absolute Gasteiger partial charge is 0.159 e. The van der Waals surface area contributed by atoms with Crippen LogP contribution in [0.2, 0.25) is 0 Å². The zero-order valence-electron chi connectivity index (χ0n) is 7.52. The molecule has 0 saturated heterocycles. The summed E-state index contributed by atoms with van der Waals surface area (Å²) in [5, 5.41) is 5.44. The molecule has 1 unspecified atom stereocenters. The monoisotopic (exact) mass is 227 g/mol. The number of halogens is 2. The van der Waals surface area contributed by atoms with E-state index in [0.29, 0.717) is 11.3 Å². The van der Waals surface area contributed by atoms with E-state index in [1.54, 1.807) is 5.38 Å². The predicted octanol–water partition coefficient (Wildman–Crippen LogP) is 1.86. The normalized spacial score (nSPS) is 12.7. The van der Waals surface area contributed by atoms with Gasteiger partial charge in [-0.1, -0.05) is 10.6 Å². The van der Waals surface area contributed by atoms with Crippen molar-refractivity contribution >= 4 is 11.5 Å². The molecule has 3 nitrogen and oxygen atoms in total. The lowest BCUT2D eigenvalue weighted by Crippen LogP contribution is -2.12. The summed E-state index contributed by atoms with van der Waals surface area (Å²) >= 11 is 1.16. The summed E-state index contributed by atoms with van der Waals surface area (Å²) in [6.07, 6.45) is 0. The number of hydrogen-bond donors (Lipinski definition) is 1. The van der Waals surface area contributed by atoms with Gasteiger partial charge in [-0.3, -0.25) is 0 Å². The number of rotatable bonds is 2. The van der Waals surface area contributed by atoms with Crippen LogP contribution in [0.1, 0.15) is 17.3 Å². The van der Waals surface area contributed by atoms with Crippen LogP contribution in [0.4, 0.5) is 8.78 Å². The second kappa shape index (κ2) is 4.00. The summed E-state index contributed by atoms with van der Waals surface area (Å²) in [5.74, 6) is -1.80. The Hall–Kier alpha value is -1.40. The number of nitrogens with two attached hydrogens (primary N) is 1. The van der Waals surface area contributed by atoms with Crippen molar-refractivity contribution in [2.75, 3.05) is 0 Å². The van der Waals surface area contributed by atoms with Crippen LogP contribution >= 0.6 is 11.5 Å². The fourth-order valence-corrected chi connectivity index (χ4v) is 1.67. The molecule has 1 aromatic heterocycles. The highest BCUT2D eigenvalue weighted by atomic mass is 32.1. The van der Waals surface area contributed by atoms with Gasteiger partial charge in [0.2, 0.25) is 0 Å². The maximum absolute atomic E-state index is 12.9. The summed E-state index contributed by atoms with van der Waals surface area (Å²) in [7, 11) is 0. The summed E-state index contributed by atoms with van der Waals surface area (Å²) in [6, 6.07) is 2.98. The first-order valence-corrected chi connectivity index (χ1v) is 4.99. The van der Waals surface area contributed by atoms with Gasteiger partial charge in [-0.15, -0.1) is 5.10 Å². The van der Waals surface area contributed by atoms with Crippen LogP contribution in [0.3, 0.4) is 0 Å². The minimum atomic E-state index is -0.911. The first-order chi connectivity index (χ1) is 7.18. The number of nitrogens with zero attached hydrogens (tertiary/aromatic N) is 2. The molecule has 0 amide bonds. The molecule has 2 rings (SSSR count). The third-order valence-corrected chi connectivity index (χ3v) is 2.52. The third kappa shape index (κ3) is 2.00. The quantitative estimate of drug-likeness (QED) is 0.852. The molecule has 0 fully saturated rings. The van der Waals surface area contributed by atoms with Gasteiger partial charge in [-0.05, 0) is 29.2 Å². The van der Waals surface area contributed by atoms with E-state index >= 15 is 0 Å². The molecule has 1 aromatic carbocycles. The van der Waals surface area contributed by atoms with E-state index in [0.717, 1.165) is 23.7 Å².